The minimum Gasteiger partial charge on any atom is -0.497 e. The maximum Gasteiger partial charge on any atom is 0.355 e. The highest BCUT2D eigenvalue weighted by Gasteiger charge is 2.27. The van der Waals surface area contributed by atoms with Gasteiger partial charge in [-0.25, -0.2) is 13.2 Å². The average molecular weight is 376 g/mol. The van der Waals surface area contributed by atoms with Crippen LogP contribution in [-0.2, 0) is 9.84 Å². The molecule has 0 aliphatic carbocycles. The highest BCUT2D eigenvalue weighted by atomic mass is 32.2. The molecule has 0 fully saturated rings. The third-order valence-corrected chi connectivity index (χ3v) is 5.62. The van der Waals surface area contributed by atoms with Crippen LogP contribution < -0.4 is 19.8 Å². The second-order valence-corrected chi connectivity index (χ2v) is 7.21. The first kappa shape index (κ1) is 17.8. The van der Waals surface area contributed by atoms with E-state index in [0.29, 0.717) is 16.9 Å². The Kier molecular flexibility index (Phi) is 4.60. The Balaban J connectivity index is 2.27. The van der Waals surface area contributed by atoms with Crippen LogP contribution in [-0.4, -0.2) is 29.7 Å². The molecule has 136 valence electrons. The van der Waals surface area contributed by atoms with Crippen molar-refractivity contribution >= 4 is 20.8 Å². The number of benzene rings is 2. The summed E-state index contributed by atoms with van der Waals surface area (Å²) in [7, 11) is 0.0305. The normalized spacial score (nSPS) is 11.3. The number of hydrogen-bond acceptors (Lipinski definition) is 7. The van der Waals surface area contributed by atoms with Crippen molar-refractivity contribution in [3.63, 3.8) is 0 Å². The van der Waals surface area contributed by atoms with Crippen molar-refractivity contribution in [1.82, 2.24) is 0 Å². The average Bonchev–Trinajstić information content (AvgIpc) is 2.66. The lowest BCUT2D eigenvalue weighted by Crippen LogP contribution is -2.15. The fourth-order valence-electron chi connectivity index (χ4n) is 2.51. The molecule has 2 aromatic carbocycles. The van der Waals surface area contributed by atoms with E-state index >= 15 is 0 Å². The molecule has 0 aliphatic heterocycles. The zero-order valence-electron chi connectivity index (χ0n) is 14.3. The molecule has 1 aromatic heterocycles. The van der Waals surface area contributed by atoms with Crippen LogP contribution in [0.25, 0.3) is 11.0 Å². The van der Waals surface area contributed by atoms with Gasteiger partial charge in [0.15, 0.2) is 4.90 Å². The molecule has 0 aliphatic rings. The standard InChI is InChI=1S/C18H16O7S/c1-22-12-4-6-14-11(8-12)9-17(18(19)25-14)26(20,21)16-10-13(23-2)5-7-15(16)24-3/h4-10H,1-3H3. The topological polar surface area (TPSA) is 92.0 Å². The number of sulfone groups is 1. The third-order valence-electron chi connectivity index (χ3n) is 3.86. The van der Waals surface area contributed by atoms with Crippen LogP contribution in [0.5, 0.6) is 17.2 Å². The second-order valence-electron chi connectivity index (χ2n) is 5.32. The molecule has 7 nitrogen and oxygen atoms in total. The fourth-order valence-corrected chi connectivity index (χ4v) is 3.98. The Hall–Kier alpha value is -3.00. The smallest absolute Gasteiger partial charge is 0.355 e. The summed E-state index contributed by atoms with van der Waals surface area (Å²) in [5, 5.41) is 0.421. The van der Waals surface area contributed by atoms with Crippen LogP contribution in [0, 0.1) is 0 Å². The zero-order valence-corrected chi connectivity index (χ0v) is 15.1. The fraction of sp³-hybridized carbons (Fsp3) is 0.167. The lowest BCUT2D eigenvalue weighted by atomic mass is 10.2. The van der Waals surface area contributed by atoms with Crippen LogP contribution >= 0.6 is 0 Å². The van der Waals surface area contributed by atoms with E-state index in [1.807, 2.05) is 0 Å². The summed E-state index contributed by atoms with van der Waals surface area (Å²) in [5.74, 6) is 0.917. The lowest BCUT2D eigenvalue weighted by molar-refractivity contribution is 0.392. The van der Waals surface area contributed by atoms with Gasteiger partial charge in [-0.15, -0.1) is 0 Å². The number of ether oxygens (including phenoxy) is 3. The Morgan fingerprint density at radius 3 is 2.12 bits per heavy atom. The van der Waals surface area contributed by atoms with Crippen LogP contribution in [0.3, 0.4) is 0 Å². The van der Waals surface area contributed by atoms with Crippen molar-refractivity contribution in [2.45, 2.75) is 9.79 Å². The van der Waals surface area contributed by atoms with Crippen molar-refractivity contribution in [1.29, 1.82) is 0 Å². The molecule has 0 bridgehead atoms. The third kappa shape index (κ3) is 2.99. The van der Waals surface area contributed by atoms with Gasteiger partial charge in [-0.05, 0) is 36.4 Å². The van der Waals surface area contributed by atoms with E-state index in [-0.39, 0.29) is 16.2 Å². The van der Waals surface area contributed by atoms with Crippen LogP contribution in [0.1, 0.15) is 0 Å². The van der Waals surface area contributed by atoms with Gasteiger partial charge in [0.05, 0.1) is 21.3 Å². The number of fused-ring (bicyclic) bond motifs is 1. The van der Waals surface area contributed by atoms with E-state index < -0.39 is 20.4 Å². The minimum atomic E-state index is -4.21. The highest BCUT2D eigenvalue weighted by Crippen LogP contribution is 2.32. The van der Waals surface area contributed by atoms with Gasteiger partial charge in [-0.1, -0.05) is 0 Å². The molecule has 0 N–H and O–H groups in total. The molecule has 3 aromatic rings. The number of hydrogen-bond donors (Lipinski definition) is 0. The maximum atomic E-state index is 13.1. The molecule has 0 unspecified atom stereocenters. The van der Waals surface area contributed by atoms with Gasteiger partial charge < -0.3 is 18.6 Å². The summed E-state index contributed by atoms with van der Waals surface area (Å²) in [6, 6.07) is 10.3. The van der Waals surface area contributed by atoms with Gasteiger partial charge in [0.1, 0.15) is 27.7 Å². The largest absolute Gasteiger partial charge is 0.497 e. The highest BCUT2D eigenvalue weighted by molar-refractivity contribution is 7.91. The summed E-state index contributed by atoms with van der Waals surface area (Å²) in [6.45, 7) is 0. The van der Waals surface area contributed by atoms with E-state index in [1.165, 1.54) is 45.6 Å². The SMILES string of the molecule is COc1ccc(OC)c(S(=O)(=O)c2cc3cc(OC)ccc3oc2=O)c1. The van der Waals surface area contributed by atoms with E-state index in [1.54, 1.807) is 18.2 Å². The molecule has 8 heteroatoms. The summed E-state index contributed by atoms with van der Waals surface area (Å²) >= 11 is 0. The van der Waals surface area contributed by atoms with E-state index in [0.717, 1.165) is 0 Å². The first-order valence-electron chi connectivity index (χ1n) is 7.49. The second kappa shape index (κ2) is 6.72. The lowest BCUT2D eigenvalue weighted by Gasteiger charge is -2.11. The van der Waals surface area contributed by atoms with Crippen molar-refractivity contribution in [3.05, 3.63) is 52.9 Å². The van der Waals surface area contributed by atoms with Crippen molar-refractivity contribution in [2.75, 3.05) is 21.3 Å². The van der Waals surface area contributed by atoms with Gasteiger partial charge in [0.25, 0.3) is 0 Å². The summed E-state index contributed by atoms with van der Waals surface area (Å²) < 4.78 is 46.6. The van der Waals surface area contributed by atoms with Crippen LogP contribution in [0.15, 0.2) is 61.5 Å². The molecule has 0 spiro atoms. The predicted octanol–water partition coefficient (Wildman–Crippen LogP) is 2.65. The van der Waals surface area contributed by atoms with E-state index in [4.69, 9.17) is 18.6 Å². The molecular formula is C18H16O7S. The van der Waals surface area contributed by atoms with Crippen molar-refractivity contribution in [2.24, 2.45) is 0 Å². The molecular weight excluding hydrogens is 360 g/mol. The minimum absolute atomic E-state index is 0.0935. The molecule has 0 radical (unpaired) electrons. The Morgan fingerprint density at radius 1 is 0.808 bits per heavy atom. The molecule has 0 atom stereocenters. The summed E-state index contributed by atoms with van der Waals surface area (Å²) in [4.78, 5) is 11.6. The van der Waals surface area contributed by atoms with Crippen molar-refractivity contribution in [3.8, 4) is 17.2 Å². The molecule has 0 saturated heterocycles. The van der Waals surface area contributed by atoms with Crippen molar-refractivity contribution < 1.29 is 27.0 Å². The monoisotopic (exact) mass is 376 g/mol. The molecule has 0 saturated carbocycles. The van der Waals surface area contributed by atoms with Crippen LogP contribution in [0.4, 0.5) is 0 Å². The molecule has 1 heterocycles. The Labute approximate surface area is 149 Å². The van der Waals surface area contributed by atoms with Crippen LogP contribution in [0.2, 0.25) is 0 Å². The van der Waals surface area contributed by atoms with Gasteiger partial charge in [-0.2, -0.15) is 0 Å². The quantitative estimate of drug-likeness (QED) is 0.632. The summed E-state index contributed by atoms with van der Waals surface area (Å²) in [5.41, 5.74) is -0.708. The molecule has 3 rings (SSSR count). The zero-order chi connectivity index (χ0) is 18.9. The first-order chi connectivity index (χ1) is 12.4. The molecule has 0 amide bonds. The molecule has 26 heavy (non-hydrogen) atoms. The van der Waals surface area contributed by atoms with E-state index in [2.05, 4.69) is 0 Å². The van der Waals surface area contributed by atoms with Gasteiger partial charge in [0, 0.05) is 11.5 Å². The first-order valence-corrected chi connectivity index (χ1v) is 8.98. The summed E-state index contributed by atoms with van der Waals surface area (Å²) in [6.07, 6.45) is 0. The Bertz CT molecular complexity index is 1130. The number of methoxy groups -OCH3 is 3. The van der Waals surface area contributed by atoms with Gasteiger partial charge >= 0.3 is 5.63 Å². The number of rotatable bonds is 5. The predicted molar refractivity (Wildman–Crippen MR) is 94.0 cm³/mol. The van der Waals surface area contributed by atoms with E-state index in [9.17, 15) is 13.2 Å². The Morgan fingerprint density at radius 2 is 1.46 bits per heavy atom. The van der Waals surface area contributed by atoms with Gasteiger partial charge in [0.2, 0.25) is 9.84 Å². The maximum absolute atomic E-state index is 13.1. The van der Waals surface area contributed by atoms with Gasteiger partial charge in [-0.3, -0.25) is 0 Å².